The van der Waals surface area contributed by atoms with Crippen molar-refractivity contribution in [2.75, 3.05) is 0 Å². The monoisotopic (exact) mass is 209 g/mol. The van der Waals surface area contributed by atoms with Gasteiger partial charge in [-0.25, -0.2) is 0 Å². The third kappa shape index (κ3) is 2.08. The topological polar surface area (TPSA) is 45.4 Å². The highest BCUT2D eigenvalue weighted by atomic mass is 16.5. The van der Waals surface area contributed by atoms with Crippen LogP contribution < -0.4 is 0 Å². The van der Waals surface area contributed by atoms with Crippen molar-refractivity contribution in [1.29, 1.82) is 0 Å². The van der Waals surface area contributed by atoms with Crippen LogP contribution in [-0.4, -0.2) is 20.6 Å². The number of hydrogen-bond donors (Lipinski definition) is 2. The van der Waals surface area contributed by atoms with Gasteiger partial charge in [-0.2, -0.15) is 0 Å². The summed E-state index contributed by atoms with van der Waals surface area (Å²) < 4.78 is 2.31. The van der Waals surface area contributed by atoms with Gasteiger partial charge in [0, 0.05) is 30.3 Å². The second-order valence-corrected chi connectivity index (χ2v) is 4.70. The summed E-state index contributed by atoms with van der Waals surface area (Å²) in [6, 6.07) is 4.68. The van der Waals surface area contributed by atoms with E-state index in [9.17, 15) is 10.2 Å². The average molecular weight is 209 g/mol. The molecule has 1 aliphatic rings. The van der Waals surface area contributed by atoms with Crippen LogP contribution in [0.5, 0.6) is 0 Å². The Bertz CT molecular complexity index is 325. The first-order chi connectivity index (χ1) is 6.99. The lowest BCUT2D eigenvalue weighted by Gasteiger charge is -2.33. The van der Waals surface area contributed by atoms with Gasteiger partial charge in [0.1, 0.15) is 0 Å². The van der Waals surface area contributed by atoms with Crippen LogP contribution in [0.25, 0.3) is 0 Å². The minimum Gasteiger partial charge on any atom is -0.366 e. The average Bonchev–Trinajstić information content (AvgIpc) is 2.48. The van der Waals surface area contributed by atoms with Crippen molar-refractivity contribution in [3.8, 4) is 0 Å². The predicted octanol–water partition coefficient (Wildman–Crippen LogP) is 1.90. The number of nitrogens with zero attached hydrogens (tertiary/aromatic N) is 1. The zero-order chi connectivity index (χ0) is 11.1. The van der Waals surface area contributed by atoms with E-state index in [0.717, 1.165) is 12.8 Å². The Morgan fingerprint density at radius 3 is 2.07 bits per heavy atom. The van der Waals surface area contributed by atoms with Gasteiger partial charge in [-0.05, 0) is 38.8 Å². The fourth-order valence-corrected chi connectivity index (χ4v) is 2.58. The van der Waals surface area contributed by atoms with Crippen LogP contribution in [0.2, 0.25) is 0 Å². The molecule has 0 atom stereocenters. The Hall–Kier alpha value is -0.800. The maximum atomic E-state index is 9.47. The summed E-state index contributed by atoms with van der Waals surface area (Å²) in [6.07, 6.45) is 2.66. The van der Waals surface area contributed by atoms with Crippen LogP contribution in [0, 0.1) is 13.8 Å². The van der Waals surface area contributed by atoms with Crippen LogP contribution in [0.3, 0.4) is 0 Å². The number of hydrogen-bond acceptors (Lipinski definition) is 2. The summed E-state index contributed by atoms with van der Waals surface area (Å²) in [5, 5.41) is 18.9. The third-order valence-corrected chi connectivity index (χ3v) is 3.45. The summed E-state index contributed by atoms with van der Waals surface area (Å²) in [6.45, 7) is 4.21. The van der Waals surface area contributed by atoms with E-state index in [4.69, 9.17) is 0 Å². The molecule has 1 aromatic rings. The van der Waals surface area contributed by atoms with Crippen molar-refractivity contribution in [1.82, 2.24) is 4.57 Å². The summed E-state index contributed by atoms with van der Waals surface area (Å²) in [5.74, 6) is -1.43. The lowest BCUT2D eigenvalue weighted by Crippen LogP contribution is -2.34. The molecule has 0 amide bonds. The predicted molar refractivity (Wildman–Crippen MR) is 58.6 cm³/mol. The molecule has 3 heteroatoms. The van der Waals surface area contributed by atoms with Crippen molar-refractivity contribution >= 4 is 0 Å². The Labute approximate surface area is 90.4 Å². The van der Waals surface area contributed by atoms with E-state index in [-0.39, 0.29) is 0 Å². The van der Waals surface area contributed by atoms with Crippen LogP contribution in [-0.2, 0) is 0 Å². The summed E-state index contributed by atoms with van der Waals surface area (Å²) in [4.78, 5) is 0. The molecule has 0 radical (unpaired) electrons. The van der Waals surface area contributed by atoms with Gasteiger partial charge in [-0.15, -0.1) is 0 Å². The molecule has 2 rings (SSSR count). The number of aromatic nitrogens is 1. The molecule has 1 aliphatic carbocycles. The number of aliphatic hydroxyl groups is 2. The zero-order valence-corrected chi connectivity index (χ0v) is 9.40. The van der Waals surface area contributed by atoms with Crippen LogP contribution in [0.15, 0.2) is 12.1 Å². The van der Waals surface area contributed by atoms with Gasteiger partial charge in [-0.1, -0.05) is 0 Å². The van der Waals surface area contributed by atoms with Crippen LogP contribution >= 0.6 is 0 Å². The zero-order valence-electron chi connectivity index (χ0n) is 9.40. The molecule has 0 aromatic carbocycles. The van der Waals surface area contributed by atoms with E-state index in [1.54, 1.807) is 0 Å². The Morgan fingerprint density at radius 2 is 1.60 bits per heavy atom. The van der Waals surface area contributed by atoms with Gasteiger partial charge in [0.15, 0.2) is 5.79 Å². The normalized spacial score (nSPS) is 21.9. The van der Waals surface area contributed by atoms with Gasteiger partial charge in [0.05, 0.1) is 0 Å². The molecule has 1 fully saturated rings. The first-order valence-corrected chi connectivity index (χ1v) is 5.59. The molecule has 0 spiro atoms. The molecule has 0 aliphatic heterocycles. The summed E-state index contributed by atoms with van der Waals surface area (Å²) >= 11 is 0. The Kier molecular flexibility index (Phi) is 2.61. The van der Waals surface area contributed by atoms with Crippen molar-refractivity contribution in [3.63, 3.8) is 0 Å². The van der Waals surface area contributed by atoms with E-state index in [2.05, 4.69) is 30.5 Å². The Balaban J connectivity index is 2.14. The molecule has 0 bridgehead atoms. The third-order valence-electron chi connectivity index (χ3n) is 3.45. The molecule has 15 heavy (non-hydrogen) atoms. The van der Waals surface area contributed by atoms with Gasteiger partial charge >= 0.3 is 0 Å². The standard InChI is InChI=1S/C12H19NO2/c1-9-3-4-10(2)13(9)11-5-7-12(14,15)8-6-11/h3-4,11,14-15H,5-8H2,1-2H3. The minimum atomic E-state index is -1.43. The highest BCUT2D eigenvalue weighted by molar-refractivity contribution is 5.15. The molecule has 2 N–H and O–H groups in total. The molecule has 0 unspecified atom stereocenters. The first-order valence-electron chi connectivity index (χ1n) is 5.59. The van der Waals surface area contributed by atoms with E-state index in [1.165, 1.54) is 11.4 Å². The maximum absolute atomic E-state index is 9.47. The van der Waals surface area contributed by atoms with Gasteiger partial charge in [0.25, 0.3) is 0 Å². The van der Waals surface area contributed by atoms with Crippen molar-refractivity contribution in [2.24, 2.45) is 0 Å². The minimum absolute atomic E-state index is 0.437. The highest BCUT2D eigenvalue weighted by Gasteiger charge is 2.31. The second kappa shape index (κ2) is 3.65. The van der Waals surface area contributed by atoms with Crippen LogP contribution in [0.1, 0.15) is 43.1 Å². The smallest absolute Gasteiger partial charge is 0.162 e. The van der Waals surface area contributed by atoms with Crippen molar-refractivity contribution < 1.29 is 10.2 Å². The van der Waals surface area contributed by atoms with Crippen molar-refractivity contribution in [2.45, 2.75) is 51.4 Å². The largest absolute Gasteiger partial charge is 0.366 e. The molecule has 1 aromatic heterocycles. The maximum Gasteiger partial charge on any atom is 0.162 e. The Morgan fingerprint density at radius 1 is 1.13 bits per heavy atom. The molecule has 0 saturated heterocycles. The van der Waals surface area contributed by atoms with E-state index >= 15 is 0 Å². The van der Waals surface area contributed by atoms with Gasteiger partial charge < -0.3 is 14.8 Å². The quantitative estimate of drug-likeness (QED) is 0.694. The molecule has 84 valence electrons. The number of aryl methyl sites for hydroxylation is 2. The van der Waals surface area contributed by atoms with Crippen molar-refractivity contribution in [3.05, 3.63) is 23.5 Å². The van der Waals surface area contributed by atoms with Crippen LogP contribution in [0.4, 0.5) is 0 Å². The molecular weight excluding hydrogens is 190 g/mol. The number of rotatable bonds is 1. The fourth-order valence-electron chi connectivity index (χ4n) is 2.58. The first kappa shape index (κ1) is 10.7. The molecule has 1 saturated carbocycles. The lowest BCUT2D eigenvalue weighted by atomic mass is 9.90. The second-order valence-electron chi connectivity index (χ2n) is 4.70. The summed E-state index contributed by atoms with van der Waals surface area (Å²) in [7, 11) is 0. The molecule has 1 heterocycles. The lowest BCUT2D eigenvalue weighted by molar-refractivity contribution is -0.185. The fraction of sp³-hybridized carbons (Fsp3) is 0.667. The molecule has 3 nitrogen and oxygen atoms in total. The SMILES string of the molecule is Cc1ccc(C)n1C1CCC(O)(O)CC1. The summed E-state index contributed by atoms with van der Waals surface area (Å²) in [5.41, 5.74) is 2.53. The van der Waals surface area contributed by atoms with E-state index < -0.39 is 5.79 Å². The highest BCUT2D eigenvalue weighted by Crippen LogP contribution is 2.34. The van der Waals surface area contributed by atoms with Gasteiger partial charge in [0.2, 0.25) is 0 Å². The van der Waals surface area contributed by atoms with E-state index in [1.807, 2.05) is 0 Å². The molecular formula is C12H19NO2. The van der Waals surface area contributed by atoms with E-state index in [0.29, 0.717) is 18.9 Å². The van der Waals surface area contributed by atoms with Gasteiger partial charge in [-0.3, -0.25) is 0 Å².